The van der Waals surface area contributed by atoms with E-state index in [9.17, 15) is 4.79 Å². The van der Waals surface area contributed by atoms with Crippen LogP contribution in [0.5, 0.6) is 10.9 Å². The van der Waals surface area contributed by atoms with Gasteiger partial charge in [0.2, 0.25) is 0 Å². The zero-order chi connectivity index (χ0) is 16.4. The molecule has 0 saturated carbocycles. The molecule has 2 aromatic heterocycles. The molecule has 0 amide bonds. The van der Waals surface area contributed by atoms with Gasteiger partial charge in [-0.25, -0.2) is 9.78 Å². The van der Waals surface area contributed by atoms with Crippen LogP contribution >= 0.6 is 22.7 Å². The molecule has 8 heteroatoms. The average molecular weight is 347 g/mol. The summed E-state index contributed by atoms with van der Waals surface area (Å²) in [6.45, 7) is 3.83. The van der Waals surface area contributed by atoms with Gasteiger partial charge in [-0.05, 0) is 32.0 Å². The van der Waals surface area contributed by atoms with Crippen molar-refractivity contribution in [3.05, 3.63) is 39.8 Å². The van der Waals surface area contributed by atoms with Gasteiger partial charge >= 0.3 is 5.97 Å². The van der Waals surface area contributed by atoms with Crippen LogP contribution in [0.2, 0.25) is 0 Å². The molecule has 0 radical (unpaired) electrons. The van der Waals surface area contributed by atoms with Crippen molar-refractivity contribution in [2.45, 2.75) is 13.8 Å². The highest BCUT2D eigenvalue weighted by molar-refractivity contribution is 7.15. The maximum atomic E-state index is 11.9. The van der Waals surface area contributed by atoms with Crippen molar-refractivity contribution in [3.8, 4) is 21.5 Å². The van der Waals surface area contributed by atoms with Gasteiger partial charge in [0.25, 0.3) is 5.19 Å². The third-order valence-corrected chi connectivity index (χ3v) is 4.59. The van der Waals surface area contributed by atoms with Gasteiger partial charge in [-0.3, -0.25) is 0 Å². The van der Waals surface area contributed by atoms with E-state index >= 15 is 0 Å². The van der Waals surface area contributed by atoms with E-state index < -0.39 is 5.97 Å². The maximum absolute atomic E-state index is 11.9. The fourth-order valence-electron chi connectivity index (χ4n) is 1.93. The maximum Gasteiger partial charge on any atom is 0.338 e. The van der Waals surface area contributed by atoms with Crippen molar-refractivity contribution in [3.63, 3.8) is 0 Å². The molecule has 0 atom stereocenters. The molecule has 0 aliphatic carbocycles. The molecule has 0 bridgehead atoms. The predicted molar refractivity (Wildman–Crippen MR) is 88.3 cm³/mol. The zero-order valence-corrected chi connectivity index (χ0v) is 14.3. The molecule has 0 unspecified atom stereocenters. The Morgan fingerprint density at radius 2 is 1.96 bits per heavy atom. The summed E-state index contributed by atoms with van der Waals surface area (Å²) in [6.07, 6.45) is 1.79. The number of hydrogen-bond donors (Lipinski definition) is 0. The third kappa shape index (κ3) is 3.54. The number of esters is 1. The second-order valence-corrected chi connectivity index (χ2v) is 7.08. The van der Waals surface area contributed by atoms with Gasteiger partial charge in [0.1, 0.15) is 15.8 Å². The van der Waals surface area contributed by atoms with E-state index in [0.717, 1.165) is 20.5 Å². The number of nitrogens with zero attached hydrogens (tertiary/aromatic N) is 3. The summed E-state index contributed by atoms with van der Waals surface area (Å²) in [5.41, 5.74) is 1.19. The summed E-state index contributed by atoms with van der Waals surface area (Å²) in [4.78, 5) is 17.3. The van der Waals surface area contributed by atoms with Crippen LogP contribution in [-0.2, 0) is 4.74 Å². The lowest BCUT2D eigenvalue weighted by molar-refractivity contribution is 0.0600. The molecule has 0 fully saturated rings. The van der Waals surface area contributed by atoms with E-state index in [1.807, 2.05) is 19.9 Å². The highest BCUT2D eigenvalue weighted by Gasteiger charge is 2.14. The lowest BCUT2D eigenvalue weighted by atomic mass is 10.1. The summed E-state index contributed by atoms with van der Waals surface area (Å²) < 4.78 is 10.5. The van der Waals surface area contributed by atoms with Crippen LogP contribution in [0.25, 0.3) is 10.6 Å². The largest absolute Gasteiger partial charge is 0.465 e. The summed E-state index contributed by atoms with van der Waals surface area (Å²) in [7, 11) is 1.34. The molecule has 0 aliphatic heterocycles. The van der Waals surface area contributed by atoms with Crippen LogP contribution in [-0.4, -0.2) is 28.3 Å². The fourth-order valence-corrected chi connectivity index (χ4v) is 3.23. The van der Waals surface area contributed by atoms with Crippen LogP contribution in [0.3, 0.4) is 0 Å². The van der Waals surface area contributed by atoms with Gasteiger partial charge in [0, 0.05) is 16.6 Å². The van der Waals surface area contributed by atoms with Crippen LogP contribution in [0.1, 0.15) is 20.2 Å². The zero-order valence-electron chi connectivity index (χ0n) is 12.7. The minimum atomic E-state index is -0.432. The predicted octanol–water partition coefficient (Wildman–Crippen LogP) is 3.86. The first kappa shape index (κ1) is 15.6. The number of rotatable bonds is 4. The molecular weight excluding hydrogens is 334 g/mol. The molecule has 6 nitrogen and oxygen atoms in total. The molecule has 0 N–H and O–H groups in total. The molecule has 1 aromatic carbocycles. The van der Waals surface area contributed by atoms with Crippen molar-refractivity contribution >= 4 is 28.6 Å². The van der Waals surface area contributed by atoms with Gasteiger partial charge in [-0.1, -0.05) is 16.4 Å². The van der Waals surface area contributed by atoms with Gasteiger partial charge in [0.05, 0.1) is 12.7 Å². The van der Waals surface area contributed by atoms with Crippen molar-refractivity contribution in [2.75, 3.05) is 7.11 Å². The Bertz CT molecular complexity index is 857. The number of carbonyl (C=O) groups is 1. The van der Waals surface area contributed by atoms with Crippen LogP contribution < -0.4 is 4.74 Å². The molecule has 118 valence electrons. The van der Waals surface area contributed by atoms with E-state index in [0.29, 0.717) is 16.5 Å². The third-order valence-electron chi connectivity index (χ3n) is 2.91. The SMILES string of the molecule is COC(=O)c1cc(Oc2nnc(C)s2)cc(-c2ncc(C)s2)c1. The van der Waals surface area contributed by atoms with Crippen LogP contribution in [0.4, 0.5) is 0 Å². The molecule has 3 aromatic rings. The Balaban J connectivity index is 2.02. The second-order valence-electron chi connectivity index (χ2n) is 4.70. The molecule has 23 heavy (non-hydrogen) atoms. The molecular formula is C15H13N3O3S2. The quantitative estimate of drug-likeness (QED) is 0.667. The van der Waals surface area contributed by atoms with Gasteiger partial charge in [0.15, 0.2) is 0 Å². The average Bonchev–Trinajstić information content (AvgIpc) is 3.14. The van der Waals surface area contributed by atoms with Crippen molar-refractivity contribution in [1.29, 1.82) is 0 Å². The minimum Gasteiger partial charge on any atom is -0.465 e. The van der Waals surface area contributed by atoms with Crippen LogP contribution in [0, 0.1) is 13.8 Å². The van der Waals surface area contributed by atoms with E-state index in [4.69, 9.17) is 9.47 Å². The Kier molecular flexibility index (Phi) is 4.35. The number of aromatic nitrogens is 3. The number of methoxy groups -OCH3 is 1. The number of ether oxygens (including phenoxy) is 2. The number of carbonyl (C=O) groups excluding carboxylic acids is 1. The molecule has 0 spiro atoms. The van der Waals surface area contributed by atoms with Crippen molar-refractivity contribution < 1.29 is 14.3 Å². The van der Waals surface area contributed by atoms with Crippen LogP contribution in [0.15, 0.2) is 24.4 Å². The Morgan fingerprint density at radius 1 is 1.13 bits per heavy atom. The summed E-state index contributed by atoms with van der Waals surface area (Å²) in [5, 5.41) is 9.88. The van der Waals surface area contributed by atoms with Crippen molar-refractivity contribution in [1.82, 2.24) is 15.2 Å². The highest BCUT2D eigenvalue weighted by Crippen LogP contribution is 2.32. The minimum absolute atomic E-state index is 0.397. The fraction of sp³-hybridized carbons (Fsp3) is 0.200. The van der Waals surface area contributed by atoms with Gasteiger partial charge in [-0.2, -0.15) is 0 Å². The topological polar surface area (TPSA) is 74.2 Å². The number of aryl methyl sites for hydroxylation is 2. The van der Waals surface area contributed by atoms with Gasteiger partial charge < -0.3 is 9.47 Å². The summed E-state index contributed by atoms with van der Waals surface area (Å²) in [5.74, 6) is 0.0605. The van der Waals surface area contributed by atoms with Gasteiger partial charge in [-0.15, -0.1) is 16.4 Å². The Labute approximate surface area is 140 Å². The van der Waals surface area contributed by atoms with E-state index in [-0.39, 0.29) is 0 Å². The Hall–Kier alpha value is -2.32. The lowest BCUT2D eigenvalue weighted by Gasteiger charge is -2.07. The highest BCUT2D eigenvalue weighted by atomic mass is 32.1. The lowest BCUT2D eigenvalue weighted by Crippen LogP contribution is -2.02. The standard InChI is InChI=1S/C15H13N3O3S2/c1-8-7-16-13(22-8)10-4-11(14(19)20-3)6-12(5-10)21-15-18-17-9(2)23-15/h4-7H,1-3H3. The smallest absolute Gasteiger partial charge is 0.338 e. The number of thiazole rings is 1. The second kappa shape index (κ2) is 6.43. The molecule has 0 saturated heterocycles. The summed E-state index contributed by atoms with van der Waals surface area (Å²) in [6, 6.07) is 5.18. The first-order valence-electron chi connectivity index (χ1n) is 6.69. The molecule has 2 heterocycles. The molecule has 3 rings (SSSR count). The van der Waals surface area contributed by atoms with E-state index in [1.54, 1.807) is 29.7 Å². The van der Waals surface area contributed by atoms with Crippen molar-refractivity contribution in [2.24, 2.45) is 0 Å². The Morgan fingerprint density at radius 3 is 2.57 bits per heavy atom. The monoisotopic (exact) mass is 347 g/mol. The molecule has 0 aliphatic rings. The van der Waals surface area contributed by atoms with E-state index in [2.05, 4.69) is 15.2 Å². The first-order chi connectivity index (χ1) is 11.0. The first-order valence-corrected chi connectivity index (χ1v) is 8.32. The number of benzene rings is 1. The number of hydrogen-bond acceptors (Lipinski definition) is 8. The summed E-state index contributed by atoms with van der Waals surface area (Å²) >= 11 is 2.88. The van der Waals surface area contributed by atoms with E-state index in [1.165, 1.54) is 18.4 Å². The normalized spacial score (nSPS) is 10.6.